The number of carbonyl (C=O) groups is 1. The van der Waals surface area contributed by atoms with Crippen molar-refractivity contribution in [3.05, 3.63) is 89.6 Å². The van der Waals surface area contributed by atoms with E-state index in [2.05, 4.69) is 16.4 Å². The van der Waals surface area contributed by atoms with E-state index in [1.54, 1.807) is 33.5 Å². The van der Waals surface area contributed by atoms with Crippen molar-refractivity contribution in [2.45, 2.75) is 5.92 Å². The first kappa shape index (κ1) is 24.2. The van der Waals surface area contributed by atoms with Crippen molar-refractivity contribution in [3.8, 4) is 17.2 Å². The Morgan fingerprint density at radius 2 is 1.63 bits per heavy atom. The van der Waals surface area contributed by atoms with E-state index in [4.69, 9.17) is 18.9 Å². The summed E-state index contributed by atoms with van der Waals surface area (Å²) < 4.78 is 22.1. The monoisotopic (exact) mass is 474 g/mol. The minimum absolute atomic E-state index is 0.193. The Kier molecular flexibility index (Phi) is 7.90. The summed E-state index contributed by atoms with van der Waals surface area (Å²) in [5.74, 6) is 1.39. The number of hydrogen-bond donors (Lipinski definition) is 2. The first-order valence-corrected chi connectivity index (χ1v) is 11.4. The van der Waals surface area contributed by atoms with Gasteiger partial charge in [-0.15, -0.1) is 0 Å². The molecule has 1 aromatic heterocycles. The number of amides is 1. The Hall–Kier alpha value is -3.97. The molecule has 0 aliphatic carbocycles. The van der Waals surface area contributed by atoms with Gasteiger partial charge in [0.05, 0.1) is 26.4 Å². The quantitative estimate of drug-likeness (QED) is 0.306. The molecule has 0 aliphatic heterocycles. The lowest BCUT2D eigenvalue weighted by molar-refractivity contribution is 0.0944. The van der Waals surface area contributed by atoms with E-state index in [0.717, 1.165) is 22.0 Å². The highest BCUT2D eigenvalue weighted by atomic mass is 16.5. The van der Waals surface area contributed by atoms with Crippen LogP contribution in [0.1, 0.15) is 27.4 Å². The summed E-state index contributed by atoms with van der Waals surface area (Å²) in [4.78, 5) is 16.6. The van der Waals surface area contributed by atoms with Crippen molar-refractivity contribution < 1.29 is 23.7 Å². The molecule has 1 unspecified atom stereocenters. The van der Waals surface area contributed by atoms with Crippen LogP contribution in [0.25, 0.3) is 10.9 Å². The number of aromatic nitrogens is 1. The van der Waals surface area contributed by atoms with Crippen molar-refractivity contribution in [1.82, 2.24) is 10.3 Å². The number of benzene rings is 3. The molecule has 3 aromatic carbocycles. The molecule has 1 amide bonds. The molecule has 0 saturated heterocycles. The molecule has 0 aliphatic rings. The summed E-state index contributed by atoms with van der Waals surface area (Å²) in [7, 11) is 4.85. The Balaban J connectivity index is 1.67. The predicted molar refractivity (Wildman–Crippen MR) is 136 cm³/mol. The highest BCUT2D eigenvalue weighted by molar-refractivity contribution is 5.97. The van der Waals surface area contributed by atoms with E-state index >= 15 is 0 Å². The summed E-state index contributed by atoms with van der Waals surface area (Å²) in [6.45, 7) is 1.14. The number of hydrogen-bond acceptors (Lipinski definition) is 5. The zero-order valence-corrected chi connectivity index (χ0v) is 20.2. The van der Waals surface area contributed by atoms with Crippen molar-refractivity contribution in [2.75, 3.05) is 41.1 Å². The molecule has 0 bridgehead atoms. The van der Waals surface area contributed by atoms with E-state index in [1.807, 2.05) is 54.7 Å². The Bertz CT molecular complexity index is 1280. The largest absolute Gasteiger partial charge is 0.493 e. The molecule has 4 rings (SSSR count). The fraction of sp³-hybridized carbons (Fsp3) is 0.250. The molecule has 182 valence electrons. The topological polar surface area (TPSA) is 81.8 Å². The van der Waals surface area contributed by atoms with Gasteiger partial charge in [0.2, 0.25) is 0 Å². The molecule has 35 heavy (non-hydrogen) atoms. The Morgan fingerprint density at radius 3 is 2.43 bits per heavy atom. The molecule has 0 fully saturated rings. The molecule has 0 spiro atoms. The molecule has 2 N–H and O–H groups in total. The molecule has 7 heteroatoms. The number of fused-ring (bicyclic) bond motifs is 1. The summed E-state index contributed by atoms with van der Waals surface area (Å²) in [6.07, 6.45) is 1.99. The molecule has 7 nitrogen and oxygen atoms in total. The van der Waals surface area contributed by atoms with Crippen molar-refractivity contribution in [1.29, 1.82) is 0 Å². The molecule has 4 aromatic rings. The van der Waals surface area contributed by atoms with Gasteiger partial charge in [-0.25, -0.2) is 0 Å². The lowest BCUT2D eigenvalue weighted by Gasteiger charge is -2.22. The maximum atomic E-state index is 13.3. The van der Waals surface area contributed by atoms with E-state index in [0.29, 0.717) is 42.6 Å². The number of H-pyrrole nitrogens is 1. The Morgan fingerprint density at radius 1 is 0.857 bits per heavy atom. The van der Waals surface area contributed by atoms with Gasteiger partial charge in [-0.2, -0.15) is 0 Å². The van der Waals surface area contributed by atoms with Crippen LogP contribution in [0.5, 0.6) is 17.2 Å². The number of methoxy groups -OCH3 is 3. The van der Waals surface area contributed by atoms with Crippen LogP contribution >= 0.6 is 0 Å². The maximum Gasteiger partial charge on any atom is 0.255 e. The summed E-state index contributed by atoms with van der Waals surface area (Å²) in [6, 6.07) is 21.1. The fourth-order valence-electron chi connectivity index (χ4n) is 4.26. The zero-order chi connectivity index (χ0) is 24.6. The van der Waals surface area contributed by atoms with E-state index in [1.165, 1.54) is 0 Å². The van der Waals surface area contributed by atoms with Gasteiger partial charge in [-0.05, 0) is 29.8 Å². The zero-order valence-electron chi connectivity index (χ0n) is 20.2. The average Bonchev–Trinajstić information content (AvgIpc) is 3.33. The number of carbonyl (C=O) groups excluding carboxylic acids is 1. The van der Waals surface area contributed by atoms with Crippen molar-refractivity contribution >= 4 is 16.8 Å². The Labute approximate surface area is 205 Å². The van der Waals surface area contributed by atoms with Gasteiger partial charge in [0.25, 0.3) is 5.91 Å². The van der Waals surface area contributed by atoms with E-state index < -0.39 is 0 Å². The van der Waals surface area contributed by atoms with Crippen LogP contribution in [0.3, 0.4) is 0 Å². The second kappa shape index (κ2) is 11.4. The first-order chi connectivity index (χ1) is 17.2. The lowest BCUT2D eigenvalue weighted by atomic mass is 9.89. The third-order valence-corrected chi connectivity index (χ3v) is 5.95. The minimum atomic E-state index is -0.218. The molecule has 0 radical (unpaired) electrons. The van der Waals surface area contributed by atoms with Gasteiger partial charge in [0, 0.05) is 42.2 Å². The number of nitrogens with one attached hydrogen (secondary N) is 2. The molecule has 1 heterocycles. The summed E-state index contributed by atoms with van der Waals surface area (Å²) >= 11 is 0. The molecular formula is C28H30N2O5. The normalized spacial score (nSPS) is 11.7. The second-order valence-electron chi connectivity index (χ2n) is 7.97. The number of rotatable bonds is 11. The fourth-order valence-corrected chi connectivity index (χ4v) is 4.26. The highest BCUT2D eigenvalue weighted by Crippen LogP contribution is 2.40. The minimum Gasteiger partial charge on any atom is -0.493 e. The van der Waals surface area contributed by atoms with Crippen LogP contribution in [0, 0.1) is 0 Å². The molecular weight excluding hydrogens is 444 g/mol. The standard InChI is InChI=1S/C28H30N2O5/c1-32-15-16-35-25-13-7-5-10-21(25)28(31)30-18-23(20-11-8-14-26(33-2)27(20)34-3)22-17-29-24-12-6-4-9-19(22)24/h4-14,17,23,29H,15-16,18H2,1-3H3,(H,30,31). The third kappa shape index (κ3) is 5.25. The summed E-state index contributed by atoms with van der Waals surface area (Å²) in [5, 5.41) is 4.19. The van der Waals surface area contributed by atoms with Crippen LogP contribution in [-0.2, 0) is 4.74 Å². The van der Waals surface area contributed by atoms with Gasteiger partial charge in [-0.1, -0.05) is 42.5 Å². The number of para-hydroxylation sites is 3. The second-order valence-corrected chi connectivity index (χ2v) is 7.97. The molecule has 1 atom stereocenters. The van der Waals surface area contributed by atoms with Gasteiger partial charge in [0.1, 0.15) is 12.4 Å². The lowest BCUT2D eigenvalue weighted by Crippen LogP contribution is -2.29. The SMILES string of the molecule is COCCOc1ccccc1C(=O)NCC(c1cccc(OC)c1OC)c1c[nH]c2ccccc12. The highest BCUT2D eigenvalue weighted by Gasteiger charge is 2.25. The predicted octanol–water partition coefficient (Wildman–Crippen LogP) is 4.77. The summed E-state index contributed by atoms with van der Waals surface area (Å²) in [5.41, 5.74) is 3.47. The van der Waals surface area contributed by atoms with Crippen LogP contribution < -0.4 is 19.5 Å². The van der Waals surface area contributed by atoms with Gasteiger partial charge >= 0.3 is 0 Å². The van der Waals surface area contributed by atoms with Gasteiger partial charge < -0.3 is 29.2 Å². The number of ether oxygens (including phenoxy) is 4. The average molecular weight is 475 g/mol. The van der Waals surface area contributed by atoms with Crippen molar-refractivity contribution in [3.63, 3.8) is 0 Å². The van der Waals surface area contributed by atoms with E-state index in [9.17, 15) is 4.79 Å². The van der Waals surface area contributed by atoms with E-state index in [-0.39, 0.29) is 11.8 Å². The third-order valence-electron chi connectivity index (χ3n) is 5.95. The van der Waals surface area contributed by atoms with Crippen LogP contribution in [0.2, 0.25) is 0 Å². The first-order valence-electron chi connectivity index (χ1n) is 11.4. The smallest absolute Gasteiger partial charge is 0.255 e. The molecule has 0 saturated carbocycles. The number of aromatic amines is 1. The maximum absolute atomic E-state index is 13.3. The van der Waals surface area contributed by atoms with Crippen LogP contribution in [0.15, 0.2) is 72.9 Å². The van der Waals surface area contributed by atoms with Crippen molar-refractivity contribution in [2.24, 2.45) is 0 Å². The van der Waals surface area contributed by atoms with Gasteiger partial charge in [0.15, 0.2) is 11.5 Å². The van der Waals surface area contributed by atoms with Gasteiger partial charge in [-0.3, -0.25) is 4.79 Å². The van der Waals surface area contributed by atoms with Crippen LogP contribution in [-0.4, -0.2) is 52.0 Å². The van der Waals surface area contributed by atoms with Crippen LogP contribution in [0.4, 0.5) is 0 Å².